The Morgan fingerprint density at radius 1 is 1.25 bits per heavy atom. The maximum atomic E-state index is 12.2. The van der Waals surface area contributed by atoms with Crippen molar-refractivity contribution in [3.63, 3.8) is 0 Å². The van der Waals surface area contributed by atoms with E-state index in [1.807, 2.05) is 18.2 Å². The summed E-state index contributed by atoms with van der Waals surface area (Å²) in [5.41, 5.74) is 1.40. The van der Waals surface area contributed by atoms with Gasteiger partial charge in [-0.1, -0.05) is 5.16 Å². The number of fused-ring (bicyclic) bond motifs is 1. The zero-order valence-corrected chi connectivity index (χ0v) is 15.2. The van der Waals surface area contributed by atoms with Crippen molar-refractivity contribution in [1.29, 1.82) is 0 Å². The smallest absolute Gasteiger partial charge is 0.274 e. The van der Waals surface area contributed by atoms with Gasteiger partial charge in [0.05, 0.1) is 0 Å². The largest absolute Gasteiger partial charge is 0.454 e. The number of nitrogens with zero attached hydrogens (tertiary/aromatic N) is 4. The van der Waals surface area contributed by atoms with Crippen LogP contribution in [0.25, 0.3) is 23.0 Å². The second-order valence-corrected chi connectivity index (χ2v) is 6.79. The zero-order valence-electron chi connectivity index (χ0n) is 14.4. The fourth-order valence-corrected chi connectivity index (χ4v) is 3.37. The molecule has 4 aromatic rings. The number of thiazole rings is 1. The van der Waals surface area contributed by atoms with Crippen LogP contribution in [0.1, 0.15) is 0 Å². The van der Waals surface area contributed by atoms with Gasteiger partial charge in [0.15, 0.2) is 16.6 Å². The Kier molecular flexibility index (Phi) is 4.02. The summed E-state index contributed by atoms with van der Waals surface area (Å²) in [5, 5.41) is 9.15. The predicted molar refractivity (Wildman–Crippen MR) is 100 cm³/mol. The molecule has 140 valence electrons. The van der Waals surface area contributed by atoms with Crippen LogP contribution in [0.15, 0.2) is 52.6 Å². The Morgan fingerprint density at radius 3 is 3.07 bits per heavy atom. The molecule has 0 fully saturated rings. The first kappa shape index (κ1) is 16.5. The summed E-state index contributed by atoms with van der Waals surface area (Å²) >= 11 is 1.36. The van der Waals surface area contributed by atoms with Crippen molar-refractivity contribution < 1.29 is 18.8 Å². The highest BCUT2D eigenvalue weighted by Crippen LogP contribution is 2.35. The molecule has 0 unspecified atom stereocenters. The molecule has 0 aliphatic carbocycles. The number of anilines is 1. The molecule has 0 radical (unpaired) electrons. The number of aromatic nitrogens is 4. The minimum atomic E-state index is -0.192. The van der Waals surface area contributed by atoms with Gasteiger partial charge in [-0.25, -0.2) is 4.98 Å². The molecule has 9 nitrogen and oxygen atoms in total. The van der Waals surface area contributed by atoms with Crippen molar-refractivity contribution in [2.45, 2.75) is 6.54 Å². The van der Waals surface area contributed by atoms with Crippen LogP contribution >= 0.6 is 11.3 Å². The van der Waals surface area contributed by atoms with Crippen molar-refractivity contribution >= 4 is 22.4 Å². The summed E-state index contributed by atoms with van der Waals surface area (Å²) in [6.07, 6.45) is 3.42. The van der Waals surface area contributed by atoms with Crippen LogP contribution in [0.4, 0.5) is 5.13 Å². The average Bonchev–Trinajstić information content (AvgIpc) is 3.47. The number of carbonyl (C=O) groups is 1. The van der Waals surface area contributed by atoms with Gasteiger partial charge in [-0.15, -0.1) is 11.3 Å². The van der Waals surface area contributed by atoms with Gasteiger partial charge in [0.2, 0.25) is 18.5 Å². The molecule has 5 rings (SSSR count). The molecule has 0 atom stereocenters. The lowest BCUT2D eigenvalue weighted by atomic mass is 10.2. The summed E-state index contributed by atoms with van der Waals surface area (Å²) in [5.74, 6) is 1.88. The third kappa shape index (κ3) is 3.09. The van der Waals surface area contributed by atoms with E-state index in [0.29, 0.717) is 34.0 Å². The Hall–Kier alpha value is -3.66. The number of ether oxygens (including phenoxy) is 2. The fourth-order valence-electron chi connectivity index (χ4n) is 2.83. The van der Waals surface area contributed by atoms with E-state index in [1.165, 1.54) is 11.3 Å². The number of benzene rings is 1. The minimum absolute atomic E-state index is 0.101. The van der Waals surface area contributed by atoms with Crippen LogP contribution in [0, 0.1) is 0 Å². The van der Waals surface area contributed by atoms with Gasteiger partial charge >= 0.3 is 0 Å². The molecule has 4 heterocycles. The first-order chi connectivity index (χ1) is 13.8. The summed E-state index contributed by atoms with van der Waals surface area (Å²) in [4.78, 5) is 20.7. The predicted octanol–water partition coefficient (Wildman–Crippen LogP) is 3.03. The average molecular weight is 395 g/mol. The molecular formula is C18H13N5O4S. The van der Waals surface area contributed by atoms with Crippen LogP contribution in [0.5, 0.6) is 11.5 Å². The quantitative estimate of drug-likeness (QED) is 0.554. The molecule has 0 saturated carbocycles. The highest BCUT2D eigenvalue weighted by atomic mass is 32.1. The molecular weight excluding hydrogens is 382 g/mol. The molecule has 1 amide bonds. The number of hydrogen-bond donors (Lipinski definition) is 1. The molecule has 0 spiro atoms. The van der Waals surface area contributed by atoms with Gasteiger partial charge in [0, 0.05) is 23.3 Å². The van der Waals surface area contributed by atoms with Gasteiger partial charge in [-0.2, -0.15) is 4.98 Å². The van der Waals surface area contributed by atoms with Gasteiger partial charge in [-0.3, -0.25) is 4.79 Å². The van der Waals surface area contributed by atoms with Crippen LogP contribution in [0.3, 0.4) is 0 Å². The van der Waals surface area contributed by atoms with Gasteiger partial charge in [0.25, 0.3) is 5.89 Å². The Labute approximate surface area is 162 Å². The topological polar surface area (TPSA) is 104 Å². The monoisotopic (exact) mass is 395 g/mol. The number of carbonyl (C=O) groups excluding carboxylic acids is 1. The van der Waals surface area contributed by atoms with Gasteiger partial charge in [-0.05, 0) is 30.3 Å². The molecule has 1 N–H and O–H groups in total. The molecule has 0 bridgehead atoms. The summed E-state index contributed by atoms with van der Waals surface area (Å²) in [6.45, 7) is 0.302. The minimum Gasteiger partial charge on any atom is -0.454 e. The number of hydrogen-bond acceptors (Lipinski definition) is 8. The fraction of sp³-hybridized carbons (Fsp3) is 0.111. The van der Waals surface area contributed by atoms with E-state index in [4.69, 9.17) is 14.0 Å². The molecule has 1 aromatic carbocycles. The van der Waals surface area contributed by atoms with Crippen molar-refractivity contribution in [2.75, 3.05) is 12.1 Å². The van der Waals surface area contributed by atoms with E-state index >= 15 is 0 Å². The molecule has 28 heavy (non-hydrogen) atoms. The Bertz CT molecular complexity index is 1130. The van der Waals surface area contributed by atoms with Crippen molar-refractivity contribution in [1.82, 2.24) is 19.7 Å². The van der Waals surface area contributed by atoms with Crippen LogP contribution in [-0.2, 0) is 11.3 Å². The normalized spacial score (nSPS) is 12.3. The summed E-state index contributed by atoms with van der Waals surface area (Å²) in [7, 11) is 0. The second kappa shape index (κ2) is 6.82. The van der Waals surface area contributed by atoms with E-state index in [2.05, 4.69) is 20.4 Å². The van der Waals surface area contributed by atoms with Crippen molar-refractivity contribution in [2.24, 2.45) is 0 Å². The van der Waals surface area contributed by atoms with Crippen molar-refractivity contribution in [3.05, 3.63) is 48.1 Å². The molecule has 1 aliphatic heterocycles. The molecule has 3 aromatic heterocycles. The highest BCUT2D eigenvalue weighted by molar-refractivity contribution is 7.13. The third-order valence-corrected chi connectivity index (χ3v) is 4.79. The van der Waals surface area contributed by atoms with E-state index < -0.39 is 0 Å². The summed E-state index contributed by atoms with van der Waals surface area (Å²) < 4.78 is 17.8. The number of rotatable bonds is 5. The highest BCUT2D eigenvalue weighted by Gasteiger charge is 2.19. The van der Waals surface area contributed by atoms with E-state index in [1.54, 1.807) is 34.5 Å². The molecule has 10 heteroatoms. The maximum absolute atomic E-state index is 12.2. The Morgan fingerprint density at radius 2 is 2.18 bits per heavy atom. The molecule has 1 aliphatic rings. The first-order valence-corrected chi connectivity index (χ1v) is 9.23. The summed E-state index contributed by atoms with van der Waals surface area (Å²) in [6, 6.07) is 9.07. The van der Waals surface area contributed by atoms with E-state index in [0.717, 1.165) is 5.56 Å². The lowest BCUT2D eigenvalue weighted by Crippen LogP contribution is -2.18. The lowest BCUT2D eigenvalue weighted by molar-refractivity contribution is -0.116. The first-order valence-electron chi connectivity index (χ1n) is 8.35. The third-order valence-electron chi connectivity index (χ3n) is 4.10. The number of amides is 1. The van der Waals surface area contributed by atoms with E-state index in [9.17, 15) is 4.79 Å². The van der Waals surface area contributed by atoms with E-state index in [-0.39, 0.29) is 19.2 Å². The van der Waals surface area contributed by atoms with Crippen LogP contribution < -0.4 is 14.8 Å². The molecule has 0 saturated heterocycles. The van der Waals surface area contributed by atoms with Crippen molar-refractivity contribution in [3.8, 4) is 34.5 Å². The Balaban J connectivity index is 1.36. The SMILES string of the molecule is O=C(Cn1cccc1-c1nc(-c2ccc3c(c2)OCO3)no1)Nc1nccs1. The van der Waals surface area contributed by atoms with Crippen LogP contribution in [0.2, 0.25) is 0 Å². The lowest BCUT2D eigenvalue weighted by Gasteiger charge is -2.06. The van der Waals surface area contributed by atoms with Gasteiger partial charge < -0.3 is 23.9 Å². The maximum Gasteiger partial charge on any atom is 0.274 e. The standard InChI is InChI=1S/C18H13N5O4S/c24-15(20-18-19-5-7-28-18)9-23-6-1-2-12(23)17-21-16(22-27-17)11-3-4-13-14(8-11)26-10-25-13/h1-8H,9-10H2,(H,19,20,24). The second-order valence-electron chi connectivity index (χ2n) is 5.90. The zero-order chi connectivity index (χ0) is 18.9. The van der Waals surface area contributed by atoms with Gasteiger partial charge in [0.1, 0.15) is 12.2 Å². The van der Waals surface area contributed by atoms with Crippen LogP contribution in [-0.4, -0.2) is 32.4 Å². The number of nitrogens with one attached hydrogen (secondary N) is 1.